The zero-order chi connectivity index (χ0) is 18.1. The average Bonchev–Trinajstić information content (AvgIpc) is 3.28. The number of thiophene rings is 1. The van der Waals surface area contributed by atoms with Crippen LogP contribution in [0.4, 0.5) is 4.39 Å². The van der Waals surface area contributed by atoms with Crippen LogP contribution in [0.2, 0.25) is 0 Å². The molecule has 0 aliphatic carbocycles. The van der Waals surface area contributed by atoms with Gasteiger partial charge in [0, 0.05) is 31.9 Å². The Morgan fingerprint density at radius 2 is 2.08 bits per heavy atom. The number of aromatic amines is 1. The van der Waals surface area contributed by atoms with Crippen molar-refractivity contribution in [3.63, 3.8) is 0 Å². The summed E-state index contributed by atoms with van der Waals surface area (Å²) in [6.07, 6.45) is 3.12. The Kier molecular flexibility index (Phi) is 4.52. The predicted molar refractivity (Wildman–Crippen MR) is 102 cm³/mol. The van der Waals surface area contributed by atoms with Gasteiger partial charge in [-0.1, -0.05) is 0 Å². The van der Waals surface area contributed by atoms with Crippen molar-refractivity contribution < 1.29 is 9.18 Å². The molecule has 1 amide bonds. The molecule has 0 radical (unpaired) electrons. The van der Waals surface area contributed by atoms with Gasteiger partial charge in [0.2, 0.25) is 0 Å². The molecule has 1 aromatic carbocycles. The number of carbonyl (C=O) groups is 1. The van der Waals surface area contributed by atoms with E-state index < -0.39 is 0 Å². The number of fused-ring (bicyclic) bond motifs is 1. The molecule has 3 aromatic heterocycles. The lowest BCUT2D eigenvalue weighted by molar-refractivity contribution is 0.0952. The predicted octanol–water partition coefficient (Wildman–Crippen LogP) is 4.52. The maximum Gasteiger partial charge on any atom is 0.253 e. The first kappa shape index (κ1) is 16.9. The van der Waals surface area contributed by atoms with Gasteiger partial charge in [-0.25, -0.2) is 4.39 Å². The van der Waals surface area contributed by atoms with Crippen molar-refractivity contribution in [2.45, 2.75) is 6.54 Å². The van der Waals surface area contributed by atoms with Crippen LogP contribution < -0.4 is 5.32 Å². The molecular weight excluding hydrogens is 419 g/mol. The second-order valence-electron chi connectivity index (χ2n) is 5.60. The number of rotatable bonds is 4. The van der Waals surface area contributed by atoms with E-state index >= 15 is 0 Å². The van der Waals surface area contributed by atoms with Crippen LogP contribution in [-0.2, 0) is 6.54 Å². The number of benzene rings is 1. The van der Waals surface area contributed by atoms with Gasteiger partial charge in [0.15, 0.2) is 0 Å². The molecule has 4 aromatic rings. The summed E-state index contributed by atoms with van der Waals surface area (Å²) in [7, 11) is 0. The lowest BCUT2D eigenvalue weighted by Gasteiger charge is -2.07. The van der Waals surface area contributed by atoms with Crippen molar-refractivity contribution in [3.05, 3.63) is 68.8 Å². The minimum atomic E-state index is -0.314. The third kappa shape index (κ3) is 3.25. The van der Waals surface area contributed by atoms with Crippen molar-refractivity contribution >= 4 is 44.1 Å². The summed E-state index contributed by atoms with van der Waals surface area (Å²) in [5, 5.41) is 12.5. The van der Waals surface area contributed by atoms with Crippen LogP contribution in [0.5, 0.6) is 0 Å². The molecule has 0 atom stereocenters. The van der Waals surface area contributed by atoms with Crippen LogP contribution in [-0.4, -0.2) is 21.1 Å². The third-order valence-electron chi connectivity index (χ3n) is 3.90. The Bertz CT molecular complexity index is 1090. The summed E-state index contributed by atoms with van der Waals surface area (Å²) in [5.74, 6) is -0.537. The van der Waals surface area contributed by atoms with E-state index in [1.807, 2.05) is 11.4 Å². The second kappa shape index (κ2) is 6.97. The van der Waals surface area contributed by atoms with Crippen molar-refractivity contribution in [1.29, 1.82) is 0 Å². The van der Waals surface area contributed by atoms with Gasteiger partial charge < -0.3 is 5.32 Å². The van der Waals surface area contributed by atoms with Gasteiger partial charge in [0.05, 0.1) is 29.5 Å². The van der Waals surface area contributed by atoms with Gasteiger partial charge in [-0.3, -0.25) is 14.9 Å². The summed E-state index contributed by atoms with van der Waals surface area (Å²) in [4.78, 5) is 18.0. The van der Waals surface area contributed by atoms with Gasteiger partial charge in [0.25, 0.3) is 5.91 Å². The molecule has 3 heterocycles. The van der Waals surface area contributed by atoms with Gasteiger partial charge in [-0.15, -0.1) is 11.3 Å². The molecule has 130 valence electrons. The maximum absolute atomic E-state index is 13.2. The molecule has 0 aliphatic rings. The van der Waals surface area contributed by atoms with E-state index in [2.05, 4.69) is 36.4 Å². The van der Waals surface area contributed by atoms with Crippen LogP contribution in [0.1, 0.15) is 15.2 Å². The smallest absolute Gasteiger partial charge is 0.253 e. The van der Waals surface area contributed by atoms with E-state index in [1.165, 1.54) is 18.3 Å². The van der Waals surface area contributed by atoms with E-state index in [0.29, 0.717) is 28.7 Å². The first-order valence-corrected chi connectivity index (χ1v) is 9.38. The van der Waals surface area contributed by atoms with E-state index in [-0.39, 0.29) is 11.7 Å². The Morgan fingerprint density at radius 3 is 2.81 bits per heavy atom. The molecule has 2 N–H and O–H groups in total. The molecular formula is C18H12BrFN4OS. The molecule has 26 heavy (non-hydrogen) atoms. The monoisotopic (exact) mass is 430 g/mol. The van der Waals surface area contributed by atoms with Gasteiger partial charge in [-0.2, -0.15) is 5.10 Å². The summed E-state index contributed by atoms with van der Waals surface area (Å²) in [5.41, 5.74) is 2.45. The van der Waals surface area contributed by atoms with Crippen molar-refractivity contribution in [1.82, 2.24) is 20.5 Å². The Labute approximate surface area is 160 Å². The van der Waals surface area contributed by atoms with Crippen molar-refractivity contribution in [2.24, 2.45) is 0 Å². The topological polar surface area (TPSA) is 70.7 Å². The van der Waals surface area contributed by atoms with Crippen molar-refractivity contribution in [3.8, 4) is 11.3 Å². The van der Waals surface area contributed by atoms with Gasteiger partial charge >= 0.3 is 0 Å². The number of nitrogens with zero attached hydrogens (tertiary/aromatic N) is 2. The maximum atomic E-state index is 13.2. The van der Waals surface area contributed by atoms with Gasteiger partial charge in [-0.05, 0) is 46.3 Å². The molecule has 0 aliphatic heterocycles. The number of hydrogen-bond donors (Lipinski definition) is 2. The molecule has 0 bridgehead atoms. The second-order valence-corrected chi connectivity index (χ2v) is 7.51. The number of pyridine rings is 1. The van der Waals surface area contributed by atoms with Crippen LogP contribution in [0.3, 0.4) is 0 Å². The lowest BCUT2D eigenvalue weighted by atomic mass is 10.1. The number of H-pyrrole nitrogens is 1. The standard InChI is InChI=1S/C18H12BrFN4OS/c19-11-5-13(26-9-11)6-22-18(25)15-7-21-16(17-14(15)8-23-24-17)10-1-3-12(20)4-2-10/h1-5,7-9H,6H2,(H,22,25)(H,23,24). The summed E-state index contributed by atoms with van der Waals surface area (Å²) in [6.45, 7) is 0.439. The van der Waals surface area contributed by atoms with Crippen molar-refractivity contribution in [2.75, 3.05) is 0 Å². The highest BCUT2D eigenvalue weighted by Crippen LogP contribution is 2.27. The minimum Gasteiger partial charge on any atom is -0.347 e. The Morgan fingerprint density at radius 1 is 1.27 bits per heavy atom. The fourth-order valence-corrected chi connectivity index (χ4v) is 4.04. The molecule has 4 rings (SSSR count). The quantitative estimate of drug-likeness (QED) is 0.499. The third-order valence-corrected chi connectivity index (χ3v) is 5.59. The molecule has 0 spiro atoms. The van der Waals surface area contributed by atoms with Crippen LogP contribution in [0, 0.1) is 5.82 Å². The summed E-state index contributed by atoms with van der Waals surface area (Å²) < 4.78 is 14.2. The van der Waals surface area contributed by atoms with E-state index in [0.717, 1.165) is 14.9 Å². The number of halogens is 2. The minimum absolute atomic E-state index is 0.223. The highest BCUT2D eigenvalue weighted by atomic mass is 79.9. The molecule has 5 nitrogen and oxygen atoms in total. The highest BCUT2D eigenvalue weighted by molar-refractivity contribution is 9.10. The average molecular weight is 431 g/mol. The van der Waals surface area contributed by atoms with Crippen LogP contribution in [0.25, 0.3) is 22.2 Å². The number of carbonyl (C=O) groups excluding carboxylic acids is 1. The lowest BCUT2D eigenvalue weighted by Crippen LogP contribution is -2.22. The fourth-order valence-electron chi connectivity index (χ4n) is 2.65. The summed E-state index contributed by atoms with van der Waals surface area (Å²) >= 11 is 4.96. The largest absolute Gasteiger partial charge is 0.347 e. The van der Waals surface area contributed by atoms with Crippen LogP contribution in [0.15, 0.2) is 52.6 Å². The highest BCUT2D eigenvalue weighted by Gasteiger charge is 2.16. The fraction of sp³-hybridized carbons (Fsp3) is 0.0556. The molecule has 0 unspecified atom stereocenters. The number of hydrogen-bond acceptors (Lipinski definition) is 4. The van der Waals surface area contributed by atoms with E-state index in [1.54, 1.807) is 29.7 Å². The zero-order valence-electron chi connectivity index (χ0n) is 13.3. The number of nitrogens with one attached hydrogen (secondary N) is 2. The number of amides is 1. The number of aromatic nitrogens is 3. The first-order valence-electron chi connectivity index (χ1n) is 7.71. The summed E-state index contributed by atoms with van der Waals surface area (Å²) in [6, 6.07) is 8.00. The van der Waals surface area contributed by atoms with Gasteiger partial charge in [0.1, 0.15) is 5.82 Å². The zero-order valence-corrected chi connectivity index (χ0v) is 15.7. The normalized spacial score (nSPS) is 11.0. The molecule has 8 heteroatoms. The first-order chi connectivity index (χ1) is 12.6. The van der Waals surface area contributed by atoms with E-state index in [4.69, 9.17) is 0 Å². The molecule has 0 saturated heterocycles. The molecule has 0 saturated carbocycles. The SMILES string of the molecule is O=C(NCc1cc(Br)cs1)c1cnc(-c2ccc(F)cc2)c2[nH]ncc12. The molecule has 0 fully saturated rings. The Hall–Kier alpha value is -2.58. The Balaban J connectivity index is 1.64. The van der Waals surface area contributed by atoms with Crippen LogP contribution >= 0.6 is 27.3 Å². The van der Waals surface area contributed by atoms with E-state index in [9.17, 15) is 9.18 Å².